The van der Waals surface area contributed by atoms with E-state index in [-0.39, 0.29) is 11.9 Å². The number of amides is 3. The lowest BCUT2D eigenvalue weighted by Crippen LogP contribution is -2.59. The minimum Gasteiger partial charge on any atom is -0.336 e. The van der Waals surface area contributed by atoms with Crippen LogP contribution in [0.25, 0.3) is 0 Å². The van der Waals surface area contributed by atoms with E-state index in [1.165, 1.54) is 4.90 Å². The molecule has 17 heavy (non-hydrogen) atoms. The number of carbonyl (C=O) groups is 2. The van der Waals surface area contributed by atoms with Gasteiger partial charge in [0.2, 0.25) is 5.91 Å². The predicted molar refractivity (Wildman–Crippen MR) is 65.8 cm³/mol. The summed E-state index contributed by atoms with van der Waals surface area (Å²) in [5, 5.41) is 2.73. The maximum atomic E-state index is 12.2. The summed E-state index contributed by atoms with van der Waals surface area (Å²) >= 11 is 0. The molecule has 90 valence electrons. The van der Waals surface area contributed by atoms with Gasteiger partial charge in [0.05, 0.1) is 11.1 Å². The van der Waals surface area contributed by atoms with E-state index in [2.05, 4.69) is 5.32 Å². The molecule has 4 heteroatoms. The number of aryl methyl sites for hydroxylation is 1. The molecule has 4 nitrogen and oxygen atoms in total. The molecule has 3 amide bonds. The highest BCUT2D eigenvalue weighted by Gasteiger charge is 2.40. The smallest absolute Gasteiger partial charge is 0.328 e. The second-order valence-electron chi connectivity index (χ2n) is 5.02. The third-order valence-corrected chi connectivity index (χ3v) is 2.96. The zero-order valence-corrected chi connectivity index (χ0v) is 10.3. The lowest BCUT2D eigenvalue weighted by Gasteiger charge is -2.36. The molecule has 0 aromatic heterocycles. The Morgan fingerprint density at radius 1 is 1.18 bits per heavy atom. The van der Waals surface area contributed by atoms with Gasteiger partial charge in [-0.05, 0) is 32.9 Å². The number of nitrogens with one attached hydrogen (secondary N) is 1. The number of hydrogen-bond donors (Lipinski definition) is 1. The van der Waals surface area contributed by atoms with Crippen LogP contribution in [0, 0.1) is 12.3 Å². The summed E-state index contributed by atoms with van der Waals surface area (Å²) in [5.74, 6) is -0.162. The number of benzene rings is 1. The van der Waals surface area contributed by atoms with Gasteiger partial charge in [-0.25, -0.2) is 9.69 Å². The van der Waals surface area contributed by atoms with Gasteiger partial charge in [-0.3, -0.25) is 4.79 Å². The van der Waals surface area contributed by atoms with Crippen molar-refractivity contribution < 1.29 is 9.59 Å². The molecular weight excluding hydrogens is 216 g/mol. The summed E-state index contributed by atoms with van der Waals surface area (Å²) in [6, 6.07) is 7.00. The van der Waals surface area contributed by atoms with Gasteiger partial charge in [0.15, 0.2) is 0 Å². The van der Waals surface area contributed by atoms with Crippen molar-refractivity contribution in [1.82, 2.24) is 5.32 Å². The minimum absolute atomic E-state index is 0.162. The summed E-state index contributed by atoms with van der Waals surface area (Å²) in [7, 11) is 0. The van der Waals surface area contributed by atoms with E-state index in [4.69, 9.17) is 0 Å². The summed E-state index contributed by atoms with van der Waals surface area (Å²) in [5.41, 5.74) is 1.16. The fraction of sp³-hybridized carbons (Fsp3) is 0.385. The average Bonchev–Trinajstić information content (AvgIpc) is 2.28. The molecule has 1 aromatic rings. The number of hydrogen-bond acceptors (Lipinski definition) is 2. The normalized spacial score (nSPS) is 19.1. The molecule has 1 aliphatic rings. The van der Waals surface area contributed by atoms with Crippen LogP contribution in [0.1, 0.15) is 19.4 Å². The predicted octanol–water partition coefficient (Wildman–Crippen LogP) is 2.08. The number of rotatable bonds is 1. The SMILES string of the molecule is Cc1ccc(N2C(=O)NCC(C)(C)C2=O)cc1. The highest BCUT2D eigenvalue weighted by Crippen LogP contribution is 2.26. The lowest BCUT2D eigenvalue weighted by atomic mass is 9.89. The maximum absolute atomic E-state index is 12.2. The van der Waals surface area contributed by atoms with E-state index >= 15 is 0 Å². The molecule has 0 radical (unpaired) electrons. The van der Waals surface area contributed by atoms with Crippen molar-refractivity contribution in [2.24, 2.45) is 5.41 Å². The van der Waals surface area contributed by atoms with Gasteiger partial charge < -0.3 is 5.32 Å². The Morgan fingerprint density at radius 3 is 2.35 bits per heavy atom. The summed E-state index contributed by atoms with van der Waals surface area (Å²) < 4.78 is 0. The number of nitrogens with zero attached hydrogens (tertiary/aromatic N) is 1. The molecule has 2 rings (SSSR count). The van der Waals surface area contributed by atoms with Gasteiger partial charge in [0, 0.05) is 6.54 Å². The number of urea groups is 1. The second kappa shape index (κ2) is 3.87. The molecule has 1 aromatic carbocycles. The van der Waals surface area contributed by atoms with E-state index in [1.54, 1.807) is 12.1 Å². The number of imide groups is 1. The largest absolute Gasteiger partial charge is 0.336 e. The molecule has 0 saturated carbocycles. The fourth-order valence-corrected chi connectivity index (χ4v) is 1.77. The molecule has 1 saturated heterocycles. The Hall–Kier alpha value is -1.84. The monoisotopic (exact) mass is 232 g/mol. The van der Waals surface area contributed by atoms with E-state index in [1.807, 2.05) is 32.9 Å². The average molecular weight is 232 g/mol. The van der Waals surface area contributed by atoms with E-state index in [0.29, 0.717) is 12.2 Å². The standard InChI is InChI=1S/C13H16N2O2/c1-9-4-6-10(7-5-9)15-11(16)13(2,3)8-14-12(15)17/h4-7H,8H2,1-3H3,(H,14,17). The zero-order chi connectivity index (χ0) is 12.6. The van der Waals surface area contributed by atoms with E-state index in [9.17, 15) is 9.59 Å². The van der Waals surface area contributed by atoms with Crippen LogP contribution >= 0.6 is 0 Å². The molecule has 1 heterocycles. The molecule has 0 aliphatic carbocycles. The van der Waals surface area contributed by atoms with Crippen molar-refractivity contribution in [3.8, 4) is 0 Å². The molecule has 1 aliphatic heterocycles. The highest BCUT2D eigenvalue weighted by atomic mass is 16.2. The Morgan fingerprint density at radius 2 is 1.76 bits per heavy atom. The molecular formula is C13H16N2O2. The number of carbonyl (C=O) groups excluding carboxylic acids is 2. The molecule has 0 spiro atoms. The van der Waals surface area contributed by atoms with Crippen LogP contribution in [0.5, 0.6) is 0 Å². The van der Waals surface area contributed by atoms with Crippen LogP contribution in [0.15, 0.2) is 24.3 Å². The first-order valence-electron chi connectivity index (χ1n) is 5.61. The Balaban J connectivity index is 2.38. The molecule has 0 atom stereocenters. The van der Waals surface area contributed by atoms with Gasteiger partial charge in [0.25, 0.3) is 0 Å². The van der Waals surface area contributed by atoms with Gasteiger partial charge >= 0.3 is 6.03 Å². The van der Waals surface area contributed by atoms with Crippen LogP contribution in [0.2, 0.25) is 0 Å². The third-order valence-electron chi connectivity index (χ3n) is 2.96. The van der Waals surface area contributed by atoms with Crippen LogP contribution in [0.3, 0.4) is 0 Å². The topological polar surface area (TPSA) is 49.4 Å². The summed E-state index contributed by atoms with van der Waals surface area (Å²) in [6.45, 7) is 6.00. The van der Waals surface area contributed by atoms with Crippen LogP contribution in [0.4, 0.5) is 10.5 Å². The summed E-state index contributed by atoms with van der Waals surface area (Å²) in [4.78, 5) is 25.2. The molecule has 0 bridgehead atoms. The van der Waals surface area contributed by atoms with Crippen molar-refractivity contribution >= 4 is 17.6 Å². The third kappa shape index (κ3) is 2.02. The Bertz CT molecular complexity index is 463. The van der Waals surface area contributed by atoms with Crippen LogP contribution in [-0.2, 0) is 4.79 Å². The lowest BCUT2D eigenvalue weighted by molar-refractivity contribution is -0.126. The Labute approximate surface area is 101 Å². The van der Waals surface area contributed by atoms with Crippen molar-refractivity contribution in [1.29, 1.82) is 0 Å². The quantitative estimate of drug-likeness (QED) is 0.805. The van der Waals surface area contributed by atoms with E-state index in [0.717, 1.165) is 5.56 Å². The molecule has 1 fully saturated rings. The zero-order valence-electron chi connectivity index (χ0n) is 10.3. The molecule has 0 unspecified atom stereocenters. The van der Waals surface area contributed by atoms with Crippen molar-refractivity contribution in [2.45, 2.75) is 20.8 Å². The van der Waals surface area contributed by atoms with Crippen molar-refractivity contribution in [3.63, 3.8) is 0 Å². The van der Waals surface area contributed by atoms with Gasteiger partial charge in [0.1, 0.15) is 0 Å². The first kappa shape index (κ1) is 11.6. The summed E-state index contributed by atoms with van der Waals surface area (Å²) in [6.07, 6.45) is 0. The van der Waals surface area contributed by atoms with Gasteiger partial charge in [-0.1, -0.05) is 17.7 Å². The minimum atomic E-state index is -0.557. The number of anilines is 1. The van der Waals surface area contributed by atoms with Crippen molar-refractivity contribution in [3.05, 3.63) is 29.8 Å². The maximum Gasteiger partial charge on any atom is 0.328 e. The van der Waals surface area contributed by atoms with Gasteiger partial charge in [-0.2, -0.15) is 0 Å². The highest BCUT2D eigenvalue weighted by molar-refractivity contribution is 6.17. The first-order chi connectivity index (χ1) is 7.92. The fourth-order valence-electron chi connectivity index (χ4n) is 1.77. The van der Waals surface area contributed by atoms with Crippen LogP contribution < -0.4 is 10.2 Å². The second-order valence-corrected chi connectivity index (χ2v) is 5.02. The Kier molecular flexibility index (Phi) is 2.65. The van der Waals surface area contributed by atoms with Gasteiger partial charge in [-0.15, -0.1) is 0 Å². The van der Waals surface area contributed by atoms with Crippen molar-refractivity contribution in [2.75, 3.05) is 11.4 Å². The van der Waals surface area contributed by atoms with E-state index < -0.39 is 5.41 Å². The molecule has 1 N–H and O–H groups in total. The first-order valence-corrected chi connectivity index (χ1v) is 5.61. The van der Waals surface area contributed by atoms with Crippen LogP contribution in [-0.4, -0.2) is 18.5 Å².